The number of imidazole rings is 1. The van der Waals surface area contributed by atoms with Gasteiger partial charge in [0.05, 0.1) is 24.5 Å². The van der Waals surface area contributed by atoms with Crippen molar-refractivity contribution in [2.24, 2.45) is 0 Å². The molecule has 0 aliphatic rings. The molecule has 5 heteroatoms. The Kier molecular flexibility index (Phi) is 2.14. The molecule has 0 aliphatic heterocycles. The fraction of sp³-hybridized carbons (Fsp3) is 0.222. The van der Waals surface area contributed by atoms with Crippen molar-refractivity contribution in [3.05, 3.63) is 30.6 Å². The smallest absolute Gasteiger partial charge is 0.374 e. The molecule has 0 atom stereocenters. The summed E-state index contributed by atoms with van der Waals surface area (Å²) in [5.41, 5.74) is 0.774. The monoisotopic (exact) mass is 191 g/mol. The molecule has 2 aromatic rings. The lowest BCUT2D eigenvalue weighted by atomic mass is 10.5. The third-order valence-electron chi connectivity index (χ3n) is 1.79. The van der Waals surface area contributed by atoms with Crippen molar-refractivity contribution in [3.63, 3.8) is 0 Å². The summed E-state index contributed by atoms with van der Waals surface area (Å²) in [4.78, 5) is 19.3. The van der Waals surface area contributed by atoms with Crippen LogP contribution in [0.15, 0.2) is 24.8 Å². The van der Waals surface area contributed by atoms with Gasteiger partial charge in [0.15, 0.2) is 0 Å². The van der Waals surface area contributed by atoms with Gasteiger partial charge in [-0.3, -0.25) is 9.38 Å². The van der Waals surface area contributed by atoms with E-state index in [1.54, 1.807) is 36.1 Å². The normalized spacial score (nSPS) is 10.4. The number of nitrogens with zero attached hydrogens (tertiary/aromatic N) is 3. The quantitative estimate of drug-likeness (QED) is 0.662. The van der Waals surface area contributed by atoms with E-state index in [2.05, 4.69) is 9.97 Å². The van der Waals surface area contributed by atoms with Crippen LogP contribution in [0.1, 0.15) is 17.5 Å². The van der Waals surface area contributed by atoms with Crippen LogP contribution in [0.25, 0.3) is 5.52 Å². The molecule has 14 heavy (non-hydrogen) atoms. The van der Waals surface area contributed by atoms with E-state index in [4.69, 9.17) is 4.74 Å². The average Bonchev–Trinajstić information content (AvgIpc) is 2.61. The second-order valence-electron chi connectivity index (χ2n) is 2.67. The van der Waals surface area contributed by atoms with E-state index in [0.29, 0.717) is 6.61 Å². The highest BCUT2D eigenvalue weighted by Crippen LogP contribution is 2.05. The molecule has 0 spiro atoms. The molecular weight excluding hydrogens is 182 g/mol. The number of ether oxygens (including phenoxy) is 1. The van der Waals surface area contributed by atoms with Crippen LogP contribution < -0.4 is 0 Å². The van der Waals surface area contributed by atoms with Gasteiger partial charge in [-0.15, -0.1) is 0 Å². The van der Waals surface area contributed by atoms with Crippen molar-refractivity contribution in [2.45, 2.75) is 6.92 Å². The number of aromatic nitrogens is 3. The van der Waals surface area contributed by atoms with Crippen LogP contribution in [0, 0.1) is 0 Å². The van der Waals surface area contributed by atoms with Crippen LogP contribution in [-0.2, 0) is 4.74 Å². The number of fused-ring (bicyclic) bond motifs is 1. The summed E-state index contributed by atoms with van der Waals surface area (Å²) in [6.45, 7) is 2.11. The van der Waals surface area contributed by atoms with Crippen molar-refractivity contribution < 1.29 is 9.53 Å². The van der Waals surface area contributed by atoms with Crippen LogP contribution in [0.5, 0.6) is 0 Å². The number of hydrogen-bond acceptors (Lipinski definition) is 4. The van der Waals surface area contributed by atoms with Gasteiger partial charge in [0.1, 0.15) is 0 Å². The predicted octanol–water partition coefficient (Wildman–Crippen LogP) is 0.906. The predicted molar refractivity (Wildman–Crippen MR) is 48.9 cm³/mol. The molecule has 0 saturated carbocycles. The van der Waals surface area contributed by atoms with Gasteiger partial charge in [-0.25, -0.2) is 9.78 Å². The van der Waals surface area contributed by atoms with Crippen LogP contribution in [0.3, 0.4) is 0 Å². The molecule has 5 nitrogen and oxygen atoms in total. The summed E-state index contributed by atoms with van der Waals surface area (Å²) in [6, 6.07) is 0. The summed E-state index contributed by atoms with van der Waals surface area (Å²) in [5, 5.41) is 0. The van der Waals surface area contributed by atoms with Gasteiger partial charge in [0, 0.05) is 12.4 Å². The minimum atomic E-state index is -0.418. The van der Waals surface area contributed by atoms with Gasteiger partial charge < -0.3 is 4.74 Å². The zero-order chi connectivity index (χ0) is 9.97. The Morgan fingerprint density at radius 3 is 3.21 bits per heavy atom. The Morgan fingerprint density at radius 1 is 1.57 bits per heavy atom. The van der Waals surface area contributed by atoms with E-state index in [0.717, 1.165) is 5.52 Å². The van der Waals surface area contributed by atoms with Gasteiger partial charge in [-0.2, -0.15) is 0 Å². The molecule has 0 aromatic carbocycles. The number of carbonyl (C=O) groups is 1. The minimum Gasteiger partial charge on any atom is -0.460 e. The molecule has 0 radical (unpaired) electrons. The maximum Gasteiger partial charge on any atom is 0.374 e. The number of rotatable bonds is 2. The van der Waals surface area contributed by atoms with E-state index in [-0.39, 0.29) is 5.82 Å². The van der Waals surface area contributed by atoms with Gasteiger partial charge >= 0.3 is 5.97 Å². The Morgan fingerprint density at radius 2 is 2.43 bits per heavy atom. The summed E-state index contributed by atoms with van der Waals surface area (Å²) >= 11 is 0. The highest BCUT2D eigenvalue weighted by Gasteiger charge is 2.12. The summed E-state index contributed by atoms with van der Waals surface area (Å²) in [6.07, 6.45) is 6.49. The average molecular weight is 191 g/mol. The zero-order valence-corrected chi connectivity index (χ0v) is 7.67. The molecular formula is C9H9N3O2. The van der Waals surface area contributed by atoms with Gasteiger partial charge in [-0.1, -0.05) is 0 Å². The molecule has 2 heterocycles. The topological polar surface area (TPSA) is 56.5 Å². The van der Waals surface area contributed by atoms with Crippen molar-refractivity contribution in [3.8, 4) is 0 Å². The molecule has 2 rings (SSSR count). The molecule has 0 saturated heterocycles. The van der Waals surface area contributed by atoms with E-state index in [9.17, 15) is 4.79 Å². The van der Waals surface area contributed by atoms with Gasteiger partial charge in [0.25, 0.3) is 0 Å². The first kappa shape index (κ1) is 8.68. The first-order valence-electron chi connectivity index (χ1n) is 4.27. The SMILES string of the molecule is CCOC(=O)c1ncc2cnccn12. The first-order chi connectivity index (χ1) is 6.83. The maximum absolute atomic E-state index is 11.4. The minimum absolute atomic E-state index is 0.282. The lowest BCUT2D eigenvalue weighted by Gasteiger charge is -1.99. The van der Waals surface area contributed by atoms with Crippen molar-refractivity contribution in [1.29, 1.82) is 0 Å². The van der Waals surface area contributed by atoms with Crippen LogP contribution >= 0.6 is 0 Å². The van der Waals surface area contributed by atoms with Crippen LogP contribution in [0.2, 0.25) is 0 Å². The largest absolute Gasteiger partial charge is 0.460 e. The lowest BCUT2D eigenvalue weighted by molar-refractivity contribution is 0.0511. The number of carbonyl (C=O) groups excluding carboxylic acids is 1. The molecule has 0 bridgehead atoms. The Labute approximate surface area is 80.4 Å². The van der Waals surface area contributed by atoms with E-state index in [1.807, 2.05) is 0 Å². The number of hydrogen-bond donors (Lipinski definition) is 0. The van der Waals surface area contributed by atoms with Crippen molar-refractivity contribution in [1.82, 2.24) is 14.4 Å². The fourth-order valence-electron chi connectivity index (χ4n) is 1.20. The summed E-state index contributed by atoms with van der Waals surface area (Å²) < 4.78 is 6.50. The third kappa shape index (κ3) is 1.32. The maximum atomic E-state index is 11.4. The Hall–Kier alpha value is -1.91. The van der Waals surface area contributed by atoms with Crippen LogP contribution in [-0.4, -0.2) is 26.9 Å². The fourth-order valence-corrected chi connectivity index (χ4v) is 1.20. The highest BCUT2D eigenvalue weighted by molar-refractivity contribution is 5.86. The molecule has 2 aromatic heterocycles. The van der Waals surface area contributed by atoms with E-state index >= 15 is 0 Å². The molecule has 0 aliphatic carbocycles. The van der Waals surface area contributed by atoms with E-state index < -0.39 is 5.97 Å². The number of esters is 1. The first-order valence-corrected chi connectivity index (χ1v) is 4.27. The Balaban J connectivity index is 2.47. The second-order valence-corrected chi connectivity index (χ2v) is 2.67. The summed E-state index contributed by atoms with van der Waals surface area (Å²) in [5.74, 6) is -0.136. The molecule has 0 fully saturated rings. The van der Waals surface area contributed by atoms with Gasteiger partial charge in [0.2, 0.25) is 5.82 Å². The lowest BCUT2D eigenvalue weighted by Crippen LogP contribution is -2.09. The standard InChI is InChI=1S/C9H9N3O2/c1-2-14-9(13)8-11-6-7-5-10-3-4-12(7)8/h3-6H,2H2,1H3. The molecule has 72 valence electrons. The summed E-state index contributed by atoms with van der Waals surface area (Å²) in [7, 11) is 0. The second kappa shape index (κ2) is 3.45. The zero-order valence-electron chi connectivity index (χ0n) is 7.67. The molecule has 0 unspecified atom stereocenters. The third-order valence-corrected chi connectivity index (χ3v) is 1.79. The molecule has 0 N–H and O–H groups in total. The van der Waals surface area contributed by atoms with Gasteiger partial charge in [-0.05, 0) is 6.92 Å². The Bertz CT molecular complexity index is 464. The van der Waals surface area contributed by atoms with E-state index in [1.165, 1.54) is 0 Å². The van der Waals surface area contributed by atoms with Crippen molar-refractivity contribution >= 4 is 11.5 Å². The molecule has 0 amide bonds. The van der Waals surface area contributed by atoms with Crippen molar-refractivity contribution in [2.75, 3.05) is 6.61 Å². The van der Waals surface area contributed by atoms with Crippen LogP contribution in [0.4, 0.5) is 0 Å². The highest BCUT2D eigenvalue weighted by atomic mass is 16.5.